The van der Waals surface area contributed by atoms with Gasteiger partial charge in [-0.3, -0.25) is 14.5 Å². The Morgan fingerprint density at radius 3 is 2.80 bits per heavy atom. The van der Waals surface area contributed by atoms with E-state index in [1.165, 1.54) is 18.2 Å². The molecule has 0 unspecified atom stereocenters. The second kappa shape index (κ2) is 5.04. The topological polar surface area (TPSA) is 69.2 Å². The van der Waals surface area contributed by atoms with E-state index in [1.54, 1.807) is 0 Å². The maximum atomic E-state index is 12.1. The summed E-state index contributed by atoms with van der Waals surface area (Å²) < 4.78 is 12.1. The fourth-order valence-corrected chi connectivity index (χ4v) is 1.46. The van der Waals surface area contributed by atoms with E-state index < -0.39 is 17.6 Å². The molecule has 1 atom stereocenters. The van der Waals surface area contributed by atoms with E-state index in [9.17, 15) is 14.5 Å². The molecule has 6 heteroatoms. The molecule has 0 fully saturated rings. The minimum absolute atomic E-state index is 0.0938. The number of nitrogens with zero attached hydrogens (tertiary/aromatic N) is 1. The lowest BCUT2D eigenvalue weighted by Gasteiger charge is -2.11. The lowest BCUT2D eigenvalue weighted by molar-refractivity contribution is -0.384. The summed E-state index contributed by atoms with van der Waals surface area (Å²) in [6.07, 6.45) is 0.0981. The van der Waals surface area contributed by atoms with Crippen LogP contribution in [0.1, 0.15) is 18.0 Å². The zero-order valence-corrected chi connectivity index (χ0v) is 8.58. The van der Waals surface area contributed by atoms with Crippen molar-refractivity contribution in [1.29, 1.82) is 0 Å². The van der Waals surface area contributed by atoms with Crippen molar-refractivity contribution in [2.45, 2.75) is 12.5 Å². The Balaban J connectivity index is 3.04. The molecule has 0 aliphatic carbocycles. The number of halogens is 2. The van der Waals surface area contributed by atoms with E-state index in [0.29, 0.717) is 10.6 Å². The average molecular weight is 233 g/mol. The van der Waals surface area contributed by atoms with E-state index in [1.807, 2.05) is 0 Å². The average Bonchev–Trinajstić information content (AvgIpc) is 2.18. The number of hydrogen-bond acceptors (Lipinski definition) is 3. The van der Waals surface area contributed by atoms with Crippen molar-refractivity contribution >= 4 is 17.3 Å². The molecular weight excluding hydrogens is 223 g/mol. The standard InChI is InChI=1S/C9H10ClFN2O2/c10-8-2-1-6(13(14)15)5-7(8)9(12)3-4-11/h1-2,5,9H,3-4,12H2/t9-/m1/s1. The first-order valence-electron chi connectivity index (χ1n) is 4.31. The van der Waals surface area contributed by atoms with Crippen LogP contribution in [0.5, 0.6) is 0 Å². The predicted molar refractivity (Wildman–Crippen MR) is 55.6 cm³/mol. The Morgan fingerprint density at radius 2 is 2.27 bits per heavy atom. The molecule has 0 aliphatic heterocycles. The molecule has 82 valence electrons. The molecule has 4 nitrogen and oxygen atoms in total. The number of nitro benzene ring substituents is 1. The van der Waals surface area contributed by atoms with Crippen LogP contribution in [0.25, 0.3) is 0 Å². The number of rotatable bonds is 4. The quantitative estimate of drug-likeness (QED) is 0.641. The molecule has 0 amide bonds. The number of non-ortho nitro benzene ring substituents is 1. The first-order chi connectivity index (χ1) is 7.06. The lowest BCUT2D eigenvalue weighted by Crippen LogP contribution is -2.11. The molecule has 0 bridgehead atoms. The highest BCUT2D eigenvalue weighted by atomic mass is 35.5. The van der Waals surface area contributed by atoms with Gasteiger partial charge < -0.3 is 5.73 Å². The van der Waals surface area contributed by atoms with Crippen LogP contribution in [-0.2, 0) is 0 Å². The molecule has 0 aliphatic rings. The third-order valence-corrected chi connectivity index (χ3v) is 2.35. The van der Waals surface area contributed by atoms with Gasteiger partial charge in [0.2, 0.25) is 0 Å². The third-order valence-electron chi connectivity index (χ3n) is 2.01. The maximum Gasteiger partial charge on any atom is 0.269 e. The Hall–Kier alpha value is -1.20. The first-order valence-corrected chi connectivity index (χ1v) is 4.69. The van der Waals surface area contributed by atoms with Crippen LogP contribution < -0.4 is 5.73 Å². The van der Waals surface area contributed by atoms with Gasteiger partial charge in [-0.05, 0) is 18.1 Å². The Kier molecular flexibility index (Phi) is 3.99. The van der Waals surface area contributed by atoms with E-state index in [2.05, 4.69) is 0 Å². The van der Waals surface area contributed by atoms with Crippen LogP contribution in [0.15, 0.2) is 18.2 Å². The second-order valence-corrected chi connectivity index (χ2v) is 3.45. The monoisotopic (exact) mass is 232 g/mol. The number of alkyl halides is 1. The van der Waals surface area contributed by atoms with Crippen LogP contribution in [0.4, 0.5) is 10.1 Å². The predicted octanol–water partition coefficient (Wildman–Crippen LogP) is 2.61. The van der Waals surface area contributed by atoms with Gasteiger partial charge in [0.15, 0.2) is 0 Å². The Bertz CT molecular complexity index is 373. The zero-order valence-electron chi connectivity index (χ0n) is 7.82. The fourth-order valence-electron chi connectivity index (χ4n) is 1.20. The van der Waals surface area contributed by atoms with Gasteiger partial charge in [0.05, 0.1) is 11.6 Å². The molecule has 2 N–H and O–H groups in total. The number of hydrogen-bond donors (Lipinski definition) is 1. The highest BCUT2D eigenvalue weighted by Crippen LogP contribution is 2.27. The van der Waals surface area contributed by atoms with Gasteiger partial charge >= 0.3 is 0 Å². The van der Waals surface area contributed by atoms with Crippen LogP contribution in [-0.4, -0.2) is 11.6 Å². The van der Waals surface area contributed by atoms with Crippen molar-refractivity contribution in [2.24, 2.45) is 5.73 Å². The number of nitrogens with two attached hydrogens (primary N) is 1. The van der Waals surface area contributed by atoms with Gasteiger partial charge in [-0.25, -0.2) is 0 Å². The molecule has 0 radical (unpaired) electrons. The molecule has 0 spiro atoms. The first kappa shape index (κ1) is 11.9. The third kappa shape index (κ3) is 2.87. The molecule has 1 aromatic rings. The molecule has 0 aromatic heterocycles. The molecule has 1 aromatic carbocycles. The molecular formula is C9H10ClFN2O2. The van der Waals surface area contributed by atoms with E-state index in [-0.39, 0.29) is 12.1 Å². The van der Waals surface area contributed by atoms with Gasteiger partial charge in [-0.1, -0.05) is 11.6 Å². The van der Waals surface area contributed by atoms with Crippen LogP contribution in [0.2, 0.25) is 5.02 Å². The summed E-state index contributed by atoms with van der Waals surface area (Å²) in [5.74, 6) is 0. The summed E-state index contributed by atoms with van der Waals surface area (Å²) in [6.45, 7) is -0.583. The highest BCUT2D eigenvalue weighted by molar-refractivity contribution is 6.31. The van der Waals surface area contributed by atoms with Gasteiger partial charge in [0.1, 0.15) is 0 Å². The number of benzene rings is 1. The molecule has 0 saturated carbocycles. The summed E-state index contributed by atoms with van der Waals surface area (Å²) in [5, 5.41) is 10.8. The van der Waals surface area contributed by atoms with Gasteiger partial charge in [0, 0.05) is 23.2 Å². The smallest absolute Gasteiger partial charge is 0.269 e. The molecule has 0 saturated heterocycles. The van der Waals surface area contributed by atoms with E-state index >= 15 is 0 Å². The lowest BCUT2D eigenvalue weighted by atomic mass is 10.0. The minimum Gasteiger partial charge on any atom is -0.324 e. The number of nitro groups is 1. The van der Waals surface area contributed by atoms with E-state index in [4.69, 9.17) is 17.3 Å². The summed E-state index contributed by atoms with van der Waals surface area (Å²) in [6, 6.07) is 3.35. The van der Waals surface area contributed by atoms with E-state index in [0.717, 1.165) is 0 Å². The van der Waals surface area contributed by atoms with Crippen molar-refractivity contribution < 1.29 is 9.31 Å². The summed E-state index contributed by atoms with van der Waals surface area (Å²) in [7, 11) is 0. The van der Waals surface area contributed by atoms with Crippen LogP contribution in [0, 0.1) is 10.1 Å². The van der Waals surface area contributed by atoms with Crippen molar-refractivity contribution in [3.63, 3.8) is 0 Å². The SMILES string of the molecule is N[C@H](CCF)c1cc([N+](=O)[O-])ccc1Cl. The maximum absolute atomic E-state index is 12.1. The van der Waals surface area contributed by atoms with Gasteiger partial charge in [-0.15, -0.1) is 0 Å². The second-order valence-electron chi connectivity index (χ2n) is 3.05. The fraction of sp³-hybridized carbons (Fsp3) is 0.333. The van der Waals surface area contributed by atoms with Crippen molar-refractivity contribution in [3.8, 4) is 0 Å². The van der Waals surface area contributed by atoms with Gasteiger partial charge in [0.25, 0.3) is 5.69 Å². The largest absolute Gasteiger partial charge is 0.324 e. The highest BCUT2D eigenvalue weighted by Gasteiger charge is 2.14. The normalized spacial score (nSPS) is 12.5. The molecule has 1 rings (SSSR count). The van der Waals surface area contributed by atoms with Crippen molar-refractivity contribution in [3.05, 3.63) is 38.9 Å². The molecule has 15 heavy (non-hydrogen) atoms. The van der Waals surface area contributed by atoms with Gasteiger partial charge in [-0.2, -0.15) is 0 Å². The van der Waals surface area contributed by atoms with Crippen molar-refractivity contribution in [1.82, 2.24) is 0 Å². The van der Waals surface area contributed by atoms with Crippen LogP contribution >= 0.6 is 11.6 Å². The minimum atomic E-state index is -0.609. The summed E-state index contributed by atoms with van der Waals surface area (Å²) in [4.78, 5) is 9.95. The van der Waals surface area contributed by atoms with Crippen LogP contribution in [0.3, 0.4) is 0 Å². The Labute approximate surface area is 91.0 Å². The zero-order chi connectivity index (χ0) is 11.4. The van der Waals surface area contributed by atoms with Crippen molar-refractivity contribution in [2.75, 3.05) is 6.67 Å². The molecule has 0 heterocycles. The summed E-state index contributed by atoms with van der Waals surface area (Å²) in [5.41, 5.74) is 5.94. The summed E-state index contributed by atoms with van der Waals surface area (Å²) >= 11 is 5.81. The Morgan fingerprint density at radius 1 is 1.60 bits per heavy atom.